The summed E-state index contributed by atoms with van der Waals surface area (Å²) in [4.78, 5) is 0. The molecule has 1 rings (SSSR count). The van der Waals surface area contributed by atoms with Gasteiger partial charge in [0, 0.05) is 0 Å². The molecule has 1 aliphatic rings. The molecule has 0 unspecified atom stereocenters. The molecule has 0 heteroatoms. The Hall–Kier alpha value is 0. The molecule has 0 heterocycles. The second-order valence-electron chi connectivity index (χ2n) is 6.29. The van der Waals surface area contributed by atoms with E-state index in [1.54, 1.807) is 0 Å². The normalized spacial score (nSPS) is 26.8. The molecule has 0 aromatic heterocycles. The Bertz CT molecular complexity index is 168. The van der Waals surface area contributed by atoms with Gasteiger partial charge in [-0.3, -0.25) is 0 Å². The highest BCUT2D eigenvalue weighted by Crippen LogP contribution is 2.53. The van der Waals surface area contributed by atoms with Gasteiger partial charge < -0.3 is 0 Å². The third-order valence-electron chi connectivity index (χ3n) is 4.87. The number of rotatable bonds is 3. The topological polar surface area (TPSA) is 0 Å². The van der Waals surface area contributed by atoms with Crippen molar-refractivity contribution in [2.75, 3.05) is 0 Å². The van der Waals surface area contributed by atoms with Crippen LogP contribution in [0.1, 0.15) is 60.8 Å². The van der Waals surface area contributed by atoms with E-state index in [2.05, 4.69) is 41.5 Å². The number of hydrogen-bond donors (Lipinski definition) is 0. The van der Waals surface area contributed by atoms with Gasteiger partial charge in [-0.15, -0.1) is 0 Å². The molecule has 0 radical (unpaired) electrons. The monoisotopic (exact) mass is 196 g/mol. The molecule has 0 aromatic rings. The molecule has 0 spiro atoms. The summed E-state index contributed by atoms with van der Waals surface area (Å²) in [5, 5.41) is 0. The predicted octanol–water partition coefficient (Wildman–Crippen LogP) is 4.74. The third kappa shape index (κ3) is 1.99. The van der Waals surface area contributed by atoms with E-state index in [1.807, 2.05) is 0 Å². The maximum atomic E-state index is 2.42. The van der Waals surface area contributed by atoms with E-state index in [0.717, 1.165) is 23.7 Å². The van der Waals surface area contributed by atoms with E-state index in [9.17, 15) is 0 Å². The van der Waals surface area contributed by atoms with E-state index in [0.29, 0.717) is 5.41 Å². The Morgan fingerprint density at radius 1 is 0.929 bits per heavy atom. The SMILES string of the molecule is CC(C)[C@@H]1CCC(C(C)C)(C(C)C)C1. The first-order valence-electron chi connectivity index (χ1n) is 6.40. The first kappa shape index (κ1) is 12.1. The lowest BCUT2D eigenvalue weighted by molar-refractivity contribution is 0.110. The van der Waals surface area contributed by atoms with Gasteiger partial charge in [-0.25, -0.2) is 0 Å². The minimum atomic E-state index is 0.648. The molecule has 0 amide bonds. The highest BCUT2D eigenvalue weighted by atomic mass is 14.5. The van der Waals surface area contributed by atoms with Gasteiger partial charge in [0.25, 0.3) is 0 Å². The summed E-state index contributed by atoms with van der Waals surface area (Å²) in [6.45, 7) is 14.5. The Morgan fingerprint density at radius 3 is 1.64 bits per heavy atom. The van der Waals surface area contributed by atoms with Gasteiger partial charge in [0.2, 0.25) is 0 Å². The van der Waals surface area contributed by atoms with Crippen molar-refractivity contribution >= 4 is 0 Å². The van der Waals surface area contributed by atoms with Crippen LogP contribution in [-0.2, 0) is 0 Å². The number of hydrogen-bond acceptors (Lipinski definition) is 0. The van der Waals surface area contributed by atoms with Crippen LogP contribution in [0.5, 0.6) is 0 Å². The second-order valence-corrected chi connectivity index (χ2v) is 6.29. The van der Waals surface area contributed by atoms with E-state index < -0.39 is 0 Å². The molecule has 1 fully saturated rings. The minimum absolute atomic E-state index is 0.648. The van der Waals surface area contributed by atoms with Crippen molar-refractivity contribution in [3.63, 3.8) is 0 Å². The molecule has 1 atom stereocenters. The summed E-state index contributed by atoms with van der Waals surface area (Å²) in [6.07, 6.45) is 4.40. The van der Waals surface area contributed by atoms with Crippen LogP contribution in [0, 0.1) is 29.1 Å². The molecule has 0 saturated heterocycles. The molecule has 1 saturated carbocycles. The first-order valence-corrected chi connectivity index (χ1v) is 6.40. The lowest BCUT2D eigenvalue weighted by atomic mass is 9.67. The third-order valence-corrected chi connectivity index (χ3v) is 4.87. The Morgan fingerprint density at radius 2 is 1.43 bits per heavy atom. The fraction of sp³-hybridized carbons (Fsp3) is 1.00. The van der Waals surface area contributed by atoms with Crippen LogP contribution in [-0.4, -0.2) is 0 Å². The van der Waals surface area contributed by atoms with Crippen LogP contribution in [0.3, 0.4) is 0 Å². The van der Waals surface area contributed by atoms with Gasteiger partial charge in [-0.2, -0.15) is 0 Å². The molecule has 1 aliphatic carbocycles. The molecule has 0 nitrogen and oxygen atoms in total. The molecular formula is C14H28. The van der Waals surface area contributed by atoms with Gasteiger partial charge >= 0.3 is 0 Å². The summed E-state index contributed by atoms with van der Waals surface area (Å²) in [7, 11) is 0. The zero-order valence-corrected chi connectivity index (χ0v) is 10.9. The summed E-state index contributed by atoms with van der Waals surface area (Å²) < 4.78 is 0. The van der Waals surface area contributed by atoms with Gasteiger partial charge in [-0.1, -0.05) is 41.5 Å². The van der Waals surface area contributed by atoms with E-state index in [-0.39, 0.29) is 0 Å². The van der Waals surface area contributed by atoms with E-state index >= 15 is 0 Å². The lowest BCUT2D eigenvalue weighted by Crippen LogP contribution is -2.30. The summed E-state index contributed by atoms with van der Waals surface area (Å²) in [5.41, 5.74) is 0.648. The van der Waals surface area contributed by atoms with Crippen LogP contribution >= 0.6 is 0 Å². The first-order chi connectivity index (χ1) is 6.40. The maximum Gasteiger partial charge on any atom is -0.0249 e. The van der Waals surface area contributed by atoms with Crippen molar-refractivity contribution in [2.45, 2.75) is 60.8 Å². The van der Waals surface area contributed by atoms with Gasteiger partial charge in [0.15, 0.2) is 0 Å². The zero-order chi connectivity index (χ0) is 10.9. The predicted molar refractivity (Wildman–Crippen MR) is 64.3 cm³/mol. The van der Waals surface area contributed by atoms with E-state index in [1.165, 1.54) is 19.3 Å². The fourth-order valence-corrected chi connectivity index (χ4v) is 3.43. The Balaban J connectivity index is 2.75. The smallest absolute Gasteiger partial charge is 0.0249 e. The molecule has 0 aromatic carbocycles. The second kappa shape index (κ2) is 4.24. The minimum Gasteiger partial charge on any atom is -0.0625 e. The fourth-order valence-electron chi connectivity index (χ4n) is 3.43. The molecule has 0 N–H and O–H groups in total. The van der Waals surface area contributed by atoms with Crippen LogP contribution < -0.4 is 0 Å². The quantitative estimate of drug-likeness (QED) is 0.611. The van der Waals surface area contributed by atoms with E-state index in [4.69, 9.17) is 0 Å². The highest BCUT2D eigenvalue weighted by molar-refractivity contribution is 4.93. The Labute approximate surface area is 90.5 Å². The van der Waals surface area contributed by atoms with Gasteiger partial charge in [-0.05, 0) is 48.3 Å². The molecular weight excluding hydrogens is 168 g/mol. The molecule has 84 valence electrons. The standard InChI is InChI=1S/C14H28/c1-10(2)13-7-8-14(9-13,11(3)4)12(5)6/h10-13H,7-9H2,1-6H3/t13-/m1/s1. The average molecular weight is 196 g/mol. The van der Waals surface area contributed by atoms with Crippen LogP contribution in [0.15, 0.2) is 0 Å². The molecule has 0 aliphatic heterocycles. The van der Waals surface area contributed by atoms with Crippen molar-refractivity contribution in [3.8, 4) is 0 Å². The van der Waals surface area contributed by atoms with Crippen molar-refractivity contribution in [1.29, 1.82) is 0 Å². The largest absolute Gasteiger partial charge is 0.0625 e. The zero-order valence-electron chi connectivity index (χ0n) is 10.9. The molecule has 14 heavy (non-hydrogen) atoms. The summed E-state index contributed by atoms with van der Waals surface area (Å²) in [6, 6.07) is 0. The van der Waals surface area contributed by atoms with Gasteiger partial charge in [0.05, 0.1) is 0 Å². The van der Waals surface area contributed by atoms with Crippen LogP contribution in [0.2, 0.25) is 0 Å². The van der Waals surface area contributed by atoms with Crippen molar-refractivity contribution in [2.24, 2.45) is 29.1 Å². The van der Waals surface area contributed by atoms with Crippen LogP contribution in [0.25, 0.3) is 0 Å². The average Bonchev–Trinajstić information content (AvgIpc) is 2.48. The van der Waals surface area contributed by atoms with Crippen molar-refractivity contribution < 1.29 is 0 Å². The summed E-state index contributed by atoms with van der Waals surface area (Å²) in [5.74, 6) is 3.58. The Kier molecular flexibility index (Phi) is 3.66. The molecule has 0 bridgehead atoms. The van der Waals surface area contributed by atoms with Gasteiger partial charge in [0.1, 0.15) is 0 Å². The van der Waals surface area contributed by atoms with Crippen molar-refractivity contribution in [1.82, 2.24) is 0 Å². The highest BCUT2D eigenvalue weighted by Gasteiger charge is 2.44. The summed E-state index contributed by atoms with van der Waals surface area (Å²) >= 11 is 0. The maximum absolute atomic E-state index is 2.42. The van der Waals surface area contributed by atoms with Crippen molar-refractivity contribution in [3.05, 3.63) is 0 Å². The van der Waals surface area contributed by atoms with Crippen LogP contribution in [0.4, 0.5) is 0 Å². The lowest BCUT2D eigenvalue weighted by Gasteiger charge is -2.38.